The predicted molar refractivity (Wildman–Crippen MR) is 197 cm³/mol. The van der Waals surface area contributed by atoms with E-state index >= 15 is 0 Å². The number of benzene rings is 2. The van der Waals surface area contributed by atoms with Gasteiger partial charge < -0.3 is 40.2 Å². The Morgan fingerprint density at radius 1 is 0.830 bits per heavy atom. The summed E-state index contributed by atoms with van der Waals surface area (Å²) in [5, 5.41) is 14.3. The number of carboxylic acid groups (broad SMARTS) is 1. The normalized spacial score (nSPS) is 18.2. The lowest BCUT2D eigenvalue weighted by atomic mass is 10.0. The van der Waals surface area contributed by atoms with Crippen molar-refractivity contribution in [3.63, 3.8) is 0 Å². The first-order chi connectivity index (χ1) is 25.4. The van der Waals surface area contributed by atoms with Crippen LogP contribution < -0.4 is 10.6 Å². The number of carbonyl (C=O) groups excluding carboxylic acids is 3. The molecule has 0 bridgehead atoms. The van der Waals surface area contributed by atoms with Crippen molar-refractivity contribution in [2.45, 2.75) is 77.5 Å². The van der Waals surface area contributed by atoms with E-state index in [1.165, 1.54) is 7.11 Å². The highest BCUT2D eigenvalue weighted by Gasteiger charge is 2.39. The molecule has 4 heterocycles. The largest absolute Gasteiger partial charge is 0.465 e. The van der Waals surface area contributed by atoms with Crippen molar-refractivity contribution in [3.05, 3.63) is 71.4 Å². The maximum atomic E-state index is 13.5. The molecule has 0 saturated carbocycles. The number of likely N-dealkylation sites (tertiary alicyclic amines) is 2. The third-order valence-corrected chi connectivity index (χ3v) is 9.95. The molecule has 0 spiro atoms. The van der Waals surface area contributed by atoms with Crippen LogP contribution in [0, 0.1) is 23.7 Å². The zero-order valence-electron chi connectivity index (χ0n) is 30.6. The predicted octanol–water partition coefficient (Wildman–Crippen LogP) is 5.35. The van der Waals surface area contributed by atoms with E-state index in [0.29, 0.717) is 24.7 Å². The van der Waals surface area contributed by atoms with Crippen molar-refractivity contribution in [2.75, 3.05) is 20.2 Å². The Morgan fingerprint density at radius 2 is 1.42 bits per heavy atom. The van der Waals surface area contributed by atoms with Gasteiger partial charge in [-0.3, -0.25) is 9.59 Å². The fourth-order valence-corrected chi connectivity index (χ4v) is 7.13. The summed E-state index contributed by atoms with van der Waals surface area (Å²) in [6.45, 7) is 8.55. The number of H-pyrrole nitrogens is 2. The number of hydrogen-bond acceptors (Lipinski definition) is 7. The molecule has 4 aromatic rings. The van der Waals surface area contributed by atoms with Gasteiger partial charge in [0.05, 0.1) is 42.1 Å². The Kier molecular flexibility index (Phi) is 11.0. The molecule has 4 amide bonds. The second-order valence-corrected chi connectivity index (χ2v) is 14.3. The number of ether oxygens (including phenoxy) is 1. The molecule has 2 aromatic heterocycles. The van der Waals surface area contributed by atoms with Gasteiger partial charge >= 0.3 is 12.2 Å². The van der Waals surface area contributed by atoms with Crippen LogP contribution in [0.1, 0.15) is 88.2 Å². The molecule has 53 heavy (non-hydrogen) atoms. The van der Waals surface area contributed by atoms with E-state index in [9.17, 15) is 24.3 Å². The van der Waals surface area contributed by atoms with Gasteiger partial charge in [0, 0.05) is 24.2 Å². The molecule has 2 aromatic carbocycles. The van der Waals surface area contributed by atoms with Crippen LogP contribution in [0.5, 0.6) is 0 Å². The van der Waals surface area contributed by atoms with Crippen LogP contribution in [0.25, 0.3) is 22.3 Å². The van der Waals surface area contributed by atoms with Gasteiger partial charge in [-0.25, -0.2) is 19.6 Å². The second kappa shape index (κ2) is 15.8. The monoisotopic (exact) mass is 722 g/mol. The van der Waals surface area contributed by atoms with Gasteiger partial charge in [0.2, 0.25) is 11.8 Å². The number of aromatic nitrogens is 4. The van der Waals surface area contributed by atoms with Crippen molar-refractivity contribution in [1.29, 1.82) is 0 Å². The minimum absolute atomic E-state index is 0.112. The van der Waals surface area contributed by atoms with E-state index in [4.69, 9.17) is 9.72 Å². The standard InChI is InChI=1S/C39H46N8O6/c1-22(2)32(44-38(50)51)36(48)47-19-7-9-31(47)35-41-27-17-14-25(20-28(27)42-35)11-10-24-12-15-26(16-13-24)29-21-40-34(43-29)30-8-6-18-46(30)37(49)33(23(3)4)45-39(52)53-5/h12-17,20-23,30-33,44H,6-9,18-19H2,1-5H3,(H,40,43)(H,41,42)(H,45,52)(H,50,51)/t30?,31-,32-,33-/m0/s1. The van der Waals surface area contributed by atoms with Crippen LogP contribution in [0.2, 0.25) is 0 Å². The molecular weight excluding hydrogens is 676 g/mol. The molecule has 14 heteroatoms. The van der Waals surface area contributed by atoms with Crippen LogP contribution in [0.3, 0.4) is 0 Å². The zero-order chi connectivity index (χ0) is 37.8. The number of nitrogens with one attached hydrogen (secondary N) is 4. The van der Waals surface area contributed by atoms with E-state index in [-0.39, 0.29) is 35.7 Å². The third kappa shape index (κ3) is 8.14. The molecule has 2 aliphatic rings. The molecule has 4 atom stereocenters. The van der Waals surface area contributed by atoms with E-state index in [0.717, 1.165) is 59.1 Å². The Balaban J connectivity index is 1.12. The molecular formula is C39H46N8O6. The van der Waals surface area contributed by atoms with Crippen LogP contribution in [0.4, 0.5) is 9.59 Å². The fraction of sp³-hybridized carbons (Fsp3) is 0.436. The molecule has 5 N–H and O–H groups in total. The number of carbonyl (C=O) groups is 4. The molecule has 2 saturated heterocycles. The lowest BCUT2D eigenvalue weighted by Gasteiger charge is -2.30. The Morgan fingerprint density at radius 3 is 2.02 bits per heavy atom. The first kappa shape index (κ1) is 36.9. The molecule has 14 nitrogen and oxygen atoms in total. The highest BCUT2D eigenvalue weighted by molar-refractivity contribution is 5.87. The van der Waals surface area contributed by atoms with Gasteiger partial charge in [-0.15, -0.1) is 0 Å². The number of nitrogens with zero attached hydrogens (tertiary/aromatic N) is 4. The summed E-state index contributed by atoms with van der Waals surface area (Å²) in [4.78, 5) is 69.8. The minimum atomic E-state index is -1.22. The lowest BCUT2D eigenvalue weighted by Crippen LogP contribution is -2.51. The average molecular weight is 723 g/mol. The topological polar surface area (TPSA) is 186 Å². The third-order valence-electron chi connectivity index (χ3n) is 9.95. The van der Waals surface area contributed by atoms with Gasteiger partial charge in [0.1, 0.15) is 23.7 Å². The van der Waals surface area contributed by atoms with Crippen LogP contribution >= 0.6 is 0 Å². The zero-order valence-corrected chi connectivity index (χ0v) is 30.6. The number of methoxy groups -OCH3 is 1. The van der Waals surface area contributed by atoms with E-state index < -0.39 is 24.3 Å². The van der Waals surface area contributed by atoms with Crippen molar-refractivity contribution in [1.82, 2.24) is 40.4 Å². The number of aromatic amines is 2. The van der Waals surface area contributed by atoms with Gasteiger partial charge in [-0.2, -0.15) is 0 Å². The molecule has 2 aliphatic heterocycles. The SMILES string of the molecule is COC(=O)N[C@H](C(=O)N1CCCC1c1ncc(-c2ccc(C#Cc3ccc4nc([C@@H]5CCCN5C(=O)[C@@H](NC(=O)O)C(C)C)[nH]c4c3)cc2)[nH]1)C(C)C. The van der Waals surface area contributed by atoms with Crippen molar-refractivity contribution in [2.24, 2.45) is 11.8 Å². The van der Waals surface area contributed by atoms with E-state index in [2.05, 4.69) is 37.4 Å². The van der Waals surface area contributed by atoms with Gasteiger partial charge in [-0.1, -0.05) is 51.7 Å². The van der Waals surface area contributed by atoms with Crippen molar-refractivity contribution >= 4 is 35.0 Å². The Labute approximate surface area is 308 Å². The summed E-state index contributed by atoms with van der Waals surface area (Å²) < 4.78 is 4.74. The number of fused-ring (bicyclic) bond motifs is 1. The highest BCUT2D eigenvalue weighted by atomic mass is 16.5. The first-order valence-corrected chi connectivity index (χ1v) is 18.1. The van der Waals surface area contributed by atoms with Gasteiger partial charge in [0.25, 0.3) is 0 Å². The molecule has 2 fully saturated rings. The van der Waals surface area contributed by atoms with Crippen molar-refractivity contribution < 1.29 is 29.0 Å². The number of hydrogen-bond donors (Lipinski definition) is 5. The maximum Gasteiger partial charge on any atom is 0.407 e. The fourth-order valence-electron chi connectivity index (χ4n) is 7.13. The van der Waals surface area contributed by atoms with Crippen LogP contribution in [0.15, 0.2) is 48.7 Å². The summed E-state index contributed by atoms with van der Waals surface area (Å²) >= 11 is 0. The second-order valence-electron chi connectivity index (χ2n) is 14.3. The molecule has 0 radical (unpaired) electrons. The summed E-state index contributed by atoms with van der Waals surface area (Å²) in [5.41, 5.74) is 4.97. The minimum Gasteiger partial charge on any atom is -0.465 e. The summed E-state index contributed by atoms with van der Waals surface area (Å²) in [6, 6.07) is 11.6. The number of imidazole rings is 2. The van der Waals surface area contributed by atoms with E-state index in [1.807, 2.05) is 70.2 Å². The average Bonchev–Trinajstić information content (AvgIpc) is 3.97. The summed E-state index contributed by atoms with van der Waals surface area (Å²) in [7, 11) is 1.28. The molecule has 278 valence electrons. The molecule has 6 rings (SSSR count). The number of rotatable bonds is 9. The maximum absolute atomic E-state index is 13.5. The van der Waals surface area contributed by atoms with Crippen LogP contribution in [-0.2, 0) is 14.3 Å². The first-order valence-electron chi connectivity index (χ1n) is 18.1. The summed E-state index contributed by atoms with van der Waals surface area (Å²) in [6.07, 6.45) is 3.07. The summed E-state index contributed by atoms with van der Waals surface area (Å²) in [5.74, 6) is 7.15. The quantitative estimate of drug-likeness (QED) is 0.143. The van der Waals surface area contributed by atoms with E-state index in [1.54, 1.807) is 16.0 Å². The highest BCUT2D eigenvalue weighted by Crippen LogP contribution is 2.34. The number of amides is 4. The van der Waals surface area contributed by atoms with Gasteiger partial charge in [-0.05, 0) is 73.4 Å². The van der Waals surface area contributed by atoms with Gasteiger partial charge in [0.15, 0.2) is 0 Å². The molecule has 1 unspecified atom stereocenters. The number of alkyl carbamates (subject to hydrolysis) is 1. The molecule has 0 aliphatic carbocycles. The smallest absolute Gasteiger partial charge is 0.407 e. The Bertz CT molecular complexity index is 2040. The van der Waals surface area contributed by atoms with Crippen molar-refractivity contribution in [3.8, 4) is 23.1 Å². The Hall–Kier alpha value is -5.84. The van der Waals surface area contributed by atoms with Crippen LogP contribution in [-0.4, -0.2) is 91.1 Å². The lowest BCUT2D eigenvalue weighted by molar-refractivity contribution is -0.136.